The summed E-state index contributed by atoms with van der Waals surface area (Å²) in [5.41, 5.74) is 0.803. The second kappa shape index (κ2) is 6.74. The number of piperazine rings is 1. The molecule has 1 fully saturated rings. The van der Waals surface area contributed by atoms with Gasteiger partial charge in [-0.25, -0.2) is 13.4 Å². The molecule has 0 amide bonds. The summed E-state index contributed by atoms with van der Waals surface area (Å²) in [5.74, 6) is 1.45. The number of nitrogens with zero attached hydrogens (tertiary/aromatic N) is 4. The quantitative estimate of drug-likeness (QED) is 0.829. The molecule has 3 rings (SSSR count). The van der Waals surface area contributed by atoms with Gasteiger partial charge in [0, 0.05) is 38.6 Å². The van der Waals surface area contributed by atoms with E-state index in [0.29, 0.717) is 36.8 Å². The molecule has 0 unspecified atom stereocenters. The van der Waals surface area contributed by atoms with Gasteiger partial charge in [-0.1, -0.05) is 0 Å². The summed E-state index contributed by atoms with van der Waals surface area (Å²) in [6.07, 6.45) is 4.95. The van der Waals surface area contributed by atoms with Crippen molar-refractivity contribution in [2.24, 2.45) is 0 Å². The van der Waals surface area contributed by atoms with Gasteiger partial charge in [-0.3, -0.25) is 4.98 Å². The van der Waals surface area contributed by atoms with Crippen molar-refractivity contribution < 1.29 is 13.2 Å². The molecular formula is C16H20N4O3S. The summed E-state index contributed by atoms with van der Waals surface area (Å²) in [5, 5.41) is 0. The molecule has 7 nitrogen and oxygen atoms in total. The molecule has 2 heterocycles. The van der Waals surface area contributed by atoms with Gasteiger partial charge in [0.05, 0.1) is 18.2 Å². The zero-order chi connectivity index (χ0) is 17.2. The monoisotopic (exact) mass is 348 g/mol. The van der Waals surface area contributed by atoms with Crippen LogP contribution in [0.2, 0.25) is 0 Å². The molecule has 0 N–H and O–H groups in total. The van der Waals surface area contributed by atoms with Gasteiger partial charge in [-0.05, 0) is 30.7 Å². The molecule has 0 saturated carbocycles. The third-order valence-corrected chi connectivity index (χ3v) is 6.01. The highest BCUT2D eigenvalue weighted by molar-refractivity contribution is 7.89. The van der Waals surface area contributed by atoms with Crippen LogP contribution in [0.25, 0.3) is 0 Å². The van der Waals surface area contributed by atoms with E-state index in [9.17, 15) is 8.42 Å². The van der Waals surface area contributed by atoms with Crippen molar-refractivity contribution in [3.63, 3.8) is 0 Å². The Kier molecular flexibility index (Phi) is 4.68. The van der Waals surface area contributed by atoms with Gasteiger partial charge in [0.1, 0.15) is 11.6 Å². The summed E-state index contributed by atoms with van der Waals surface area (Å²) in [6, 6.07) is 4.94. The van der Waals surface area contributed by atoms with E-state index in [-0.39, 0.29) is 0 Å². The van der Waals surface area contributed by atoms with Crippen LogP contribution in [0.15, 0.2) is 41.7 Å². The van der Waals surface area contributed by atoms with Crippen LogP contribution in [-0.2, 0) is 10.0 Å². The SMILES string of the molecule is COc1ccc(S(=O)(=O)N2CCN(c3cnccn3)CC2)cc1C. The van der Waals surface area contributed by atoms with Crippen LogP contribution >= 0.6 is 0 Å². The summed E-state index contributed by atoms with van der Waals surface area (Å²) >= 11 is 0. The summed E-state index contributed by atoms with van der Waals surface area (Å²) in [6.45, 7) is 3.86. The van der Waals surface area contributed by atoms with Crippen molar-refractivity contribution in [2.45, 2.75) is 11.8 Å². The minimum absolute atomic E-state index is 0.300. The first-order chi connectivity index (χ1) is 11.5. The van der Waals surface area contributed by atoms with Gasteiger partial charge in [0.2, 0.25) is 10.0 Å². The van der Waals surface area contributed by atoms with Crippen molar-refractivity contribution in [2.75, 3.05) is 38.2 Å². The van der Waals surface area contributed by atoms with Gasteiger partial charge < -0.3 is 9.64 Å². The number of sulfonamides is 1. The fourth-order valence-corrected chi connectivity index (χ4v) is 4.28. The van der Waals surface area contributed by atoms with E-state index in [0.717, 1.165) is 11.4 Å². The van der Waals surface area contributed by atoms with Crippen molar-refractivity contribution in [3.05, 3.63) is 42.4 Å². The van der Waals surface area contributed by atoms with Crippen molar-refractivity contribution in [1.29, 1.82) is 0 Å². The van der Waals surface area contributed by atoms with Gasteiger partial charge in [-0.2, -0.15) is 4.31 Å². The third-order valence-electron chi connectivity index (χ3n) is 4.12. The number of methoxy groups -OCH3 is 1. The Morgan fingerprint density at radius 3 is 2.46 bits per heavy atom. The predicted octanol–water partition coefficient (Wildman–Crippen LogP) is 1.30. The molecule has 1 aromatic heterocycles. The van der Waals surface area contributed by atoms with Gasteiger partial charge in [0.25, 0.3) is 0 Å². The second-order valence-electron chi connectivity index (χ2n) is 5.59. The van der Waals surface area contributed by atoms with E-state index in [2.05, 4.69) is 9.97 Å². The number of rotatable bonds is 4. The lowest BCUT2D eigenvalue weighted by Gasteiger charge is -2.34. The minimum Gasteiger partial charge on any atom is -0.496 e. The molecule has 0 aliphatic carbocycles. The smallest absolute Gasteiger partial charge is 0.243 e. The van der Waals surface area contributed by atoms with Crippen LogP contribution in [0, 0.1) is 6.92 Å². The maximum atomic E-state index is 12.8. The molecule has 1 aromatic carbocycles. The van der Waals surface area contributed by atoms with Gasteiger partial charge in [0.15, 0.2) is 0 Å². The van der Waals surface area contributed by atoms with E-state index in [1.807, 2.05) is 11.8 Å². The lowest BCUT2D eigenvalue weighted by molar-refractivity contribution is 0.383. The average Bonchev–Trinajstić information content (AvgIpc) is 2.62. The highest BCUT2D eigenvalue weighted by Crippen LogP contribution is 2.25. The Bertz CT molecular complexity index is 803. The predicted molar refractivity (Wildman–Crippen MR) is 90.7 cm³/mol. The van der Waals surface area contributed by atoms with E-state index in [1.54, 1.807) is 43.9 Å². The Labute approximate surface area is 142 Å². The van der Waals surface area contributed by atoms with Crippen LogP contribution in [0.1, 0.15) is 5.56 Å². The number of benzene rings is 1. The molecule has 1 aliphatic heterocycles. The summed E-state index contributed by atoms with van der Waals surface area (Å²) in [7, 11) is -1.93. The fourth-order valence-electron chi connectivity index (χ4n) is 2.77. The molecule has 0 bridgehead atoms. The number of ether oxygens (including phenoxy) is 1. The lowest BCUT2D eigenvalue weighted by atomic mass is 10.2. The van der Waals surface area contributed by atoms with E-state index in [4.69, 9.17) is 4.74 Å². The normalized spacial score (nSPS) is 16.2. The largest absolute Gasteiger partial charge is 0.496 e. The number of anilines is 1. The zero-order valence-corrected chi connectivity index (χ0v) is 14.5. The van der Waals surface area contributed by atoms with Crippen LogP contribution in [-0.4, -0.2) is 56.0 Å². The van der Waals surface area contributed by atoms with Crippen LogP contribution < -0.4 is 9.64 Å². The Hall–Kier alpha value is -2.19. The zero-order valence-electron chi connectivity index (χ0n) is 13.7. The van der Waals surface area contributed by atoms with E-state index in [1.165, 1.54) is 4.31 Å². The Balaban J connectivity index is 1.74. The van der Waals surface area contributed by atoms with E-state index >= 15 is 0 Å². The molecule has 24 heavy (non-hydrogen) atoms. The van der Waals surface area contributed by atoms with Crippen LogP contribution in [0.5, 0.6) is 5.75 Å². The number of hydrogen-bond acceptors (Lipinski definition) is 6. The molecule has 1 aliphatic rings. The first-order valence-corrected chi connectivity index (χ1v) is 9.12. The maximum absolute atomic E-state index is 12.8. The molecule has 0 spiro atoms. The van der Waals surface area contributed by atoms with Gasteiger partial charge >= 0.3 is 0 Å². The second-order valence-corrected chi connectivity index (χ2v) is 7.52. The van der Waals surface area contributed by atoms with Crippen molar-refractivity contribution in [1.82, 2.24) is 14.3 Å². The maximum Gasteiger partial charge on any atom is 0.243 e. The molecule has 8 heteroatoms. The van der Waals surface area contributed by atoms with Crippen LogP contribution in [0.3, 0.4) is 0 Å². The third kappa shape index (κ3) is 3.20. The first-order valence-electron chi connectivity index (χ1n) is 7.68. The molecule has 0 radical (unpaired) electrons. The number of aryl methyl sites for hydroxylation is 1. The van der Waals surface area contributed by atoms with Gasteiger partial charge in [-0.15, -0.1) is 0 Å². The minimum atomic E-state index is -3.50. The Morgan fingerprint density at radius 1 is 1.12 bits per heavy atom. The Morgan fingerprint density at radius 2 is 1.88 bits per heavy atom. The van der Waals surface area contributed by atoms with Crippen molar-refractivity contribution in [3.8, 4) is 5.75 Å². The number of hydrogen-bond donors (Lipinski definition) is 0. The standard InChI is InChI=1S/C16H20N4O3S/c1-13-11-14(3-4-15(13)23-2)24(21,22)20-9-7-19(8-10-20)16-12-17-5-6-18-16/h3-6,11-12H,7-10H2,1-2H3. The lowest BCUT2D eigenvalue weighted by Crippen LogP contribution is -2.48. The topological polar surface area (TPSA) is 75.6 Å². The molecule has 128 valence electrons. The molecule has 0 atom stereocenters. The molecular weight excluding hydrogens is 328 g/mol. The summed E-state index contributed by atoms with van der Waals surface area (Å²) < 4.78 is 32.3. The fraction of sp³-hybridized carbons (Fsp3) is 0.375. The summed E-state index contributed by atoms with van der Waals surface area (Å²) in [4.78, 5) is 10.7. The first kappa shape index (κ1) is 16.7. The average molecular weight is 348 g/mol. The highest BCUT2D eigenvalue weighted by atomic mass is 32.2. The number of aromatic nitrogens is 2. The molecule has 1 saturated heterocycles. The molecule has 2 aromatic rings. The van der Waals surface area contributed by atoms with Crippen LogP contribution in [0.4, 0.5) is 5.82 Å². The van der Waals surface area contributed by atoms with Crippen molar-refractivity contribution >= 4 is 15.8 Å². The highest BCUT2D eigenvalue weighted by Gasteiger charge is 2.29. The van der Waals surface area contributed by atoms with E-state index < -0.39 is 10.0 Å².